The van der Waals surface area contributed by atoms with E-state index in [1.807, 2.05) is 53.4 Å². The predicted octanol–water partition coefficient (Wildman–Crippen LogP) is 6.42. The van der Waals surface area contributed by atoms with Crippen LogP contribution in [0.1, 0.15) is 30.5 Å². The van der Waals surface area contributed by atoms with Gasteiger partial charge in [-0.15, -0.1) is 0 Å². The van der Waals surface area contributed by atoms with Crippen molar-refractivity contribution < 1.29 is 18.7 Å². The molecule has 5 rings (SSSR count). The summed E-state index contributed by atoms with van der Waals surface area (Å²) in [5, 5.41) is 0. The minimum absolute atomic E-state index is 0.0543. The topological polar surface area (TPSA) is 38.8 Å². The summed E-state index contributed by atoms with van der Waals surface area (Å²) in [6.45, 7) is 2.68. The summed E-state index contributed by atoms with van der Waals surface area (Å²) in [6.07, 6.45) is 5.29. The Morgan fingerprint density at radius 3 is 2.49 bits per heavy atom. The van der Waals surface area contributed by atoms with Gasteiger partial charge in [0.15, 0.2) is 11.5 Å². The SMILES string of the molecule is COc1ccc(-c2cc([C@H]3[C@H]4C=CC[C@@H](C)[C@@H]4C(=O)N3Cc3ccccc3)ccc2F)cc1OC. The smallest absolute Gasteiger partial charge is 0.227 e. The van der Waals surface area contributed by atoms with Gasteiger partial charge in [-0.05, 0) is 53.3 Å². The fourth-order valence-electron chi connectivity index (χ4n) is 5.65. The molecule has 0 saturated carbocycles. The van der Waals surface area contributed by atoms with Gasteiger partial charge in [-0.3, -0.25) is 4.79 Å². The van der Waals surface area contributed by atoms with Gasteiger partial charge in [0.25, 0.3) is 0 Å². The number of carbonyl (C=O) groups excluding carboxylic acids is 1. The average Bonchev–Trinajstić information content (AvgIpc) is 3.16. The van der Waals surface area contributed by atoms with Crippen LogP contribution >= 0.6 is 0 Å². The van der Waals surface area contributed by atoms with Crippen molar-refractivity contribution in [3.63, 3.8) is 0 Å². The highest BCUT2D eigenvalue weighted by Crippen LogP contribution is 2.49. The number of likely N-dealkylation sites (tertiary alicyclic amines) is 1. The lowest BCUT2D eigenvalue weighted by Gasteiger charge is -2.30. The maximum absolute atomic E-state index is 15.1. The van der Waals surface area contributed by atoms with Crippen LogP contribution in [0.25, 0.3) is 11.1 Å². The van der Waals surface area contributed by atoms with Gasteiger partial charge < -0.3 is 14.4 Å². The van der Waals surface area contributed by atoms with Crippen molar-refractivity contribution in [3.05, 3.63) is 95.8 Å². The number of methoxy groups -OCH3 is 2. The van der Waals surface area contributed by atoms with Gasteiger partial charge in [-0.1, -0.05) is 61.5 Å². The zero-order chi connectivity index (χ0) is 24.5. The van der Waals surface area contributed by atoms with Crippen LogP contribution in [0.3, 0.4) is 0 Å². The fourth-order valence-corrected chi connectivity index (χ4v) is 5.65. The van der Waals surface area contributed by atoms with E-state index in [0.717, 1.165) is 17.5 Å². The summed E-state index contributed by atoms with van der Waals surface area (Å²) >= 11 is 0. The Bertz CT molecular complexity index is 1260. The van der Waals surface area contributed by atoms with Gasteiger partial charge in [0.05, 0.1) is 20.3 Å². The first-order valence-corrected chi connectivity index (χ1v) is 12.0. The predicted molar refractivity (Wildman–Crippen MR) is 135 cm³/mol. The van der Waals surface area contributed by atoms with Crippen LogP contribution in [0.5, 0.6) is 11.5 Å². The van der Waals surface area contributed by atoms with Gasteiger partial charge in [-0.2, -0.15) is 0 Å². The van der Waals surface area contributed by atoms with Crippen molar-refractivity contribution in [2.75, 3.05) is 14.2 Å². The van der Waals surface area contributed by atoms with Crippen LogP contribution in [0, 0.1) is 23.6 Å². The largest absolute Gasteiger partial charge is 0.493 e. The summed E-state index contributed by atoms with van der Waals surface area (Å²) in [7, 11) is 3.14. The molecule has 35 heavy (non-hydrogen) atoms. The van der Waals surface area contributed by atoms with Crippen LogP contribution < -0.4 is 9.47 Å². The van der Waals surface area contributed by atoms with E-state index in [0.29, 0.717) is 29.2 Å². The molecule has 3 aromatic rings. The maximum Gasteiger partial charge on any atom is 0.227 e. The van der Waals surface area contributed by atoms with Crippen LogP contribution in [-0.2, 0) is 11.3 Å². The first kappa shape index (κ1) is 23.2. The minimum atomic E-state index is -0.316. The summed E-state index contributed by atoms with van der Waals surface area (Å²) in [5.74, 6) is 1.25. The summed E-state index contributed by atoms with van der Waals surface area (Å²) in [6, 6.07) is 20.5. The van der Waals surface area contributed by atoms with Crippen LogP contribution in [0.15, 0.2) is 78.9 Å². The molecule has 0 spiro atoms. The number of ether oxygens (including phenoxy) is 2. The number of carbonyl (C=O) groups is 1. The zero-order valence-corrected chi connectivity index (χ0v) is 20.3. The van der Waals surface area contributed by atoms with Crippen molar-refractivity contribution >= 4 is 5.91 Å². The highest BCUT2D eigenvalue weighted by molar-refractivity contribution is 5.83. The Morgan fingerprint density at radius 2 is 1.74 bits per heavy atom. The van der Waals surface area contributed by atoms with E-state index >= 15 is 4.39 Å². The van der Waals surface area contributed by atoms with Gasteiger partial charge in [-0.25, -0.2) is 4.39 Å². The molecule has 1 aliphatic carbocycles. The number of hydrogen-bond acceptors (Lipinski definition) is 3. The molecule has 1 fully saturated rings. The second-order valence-corrected chi connectivity index (χ2v) is 9.45. The lowest BCUT2D eigenvalue weighted by molar-refractivity contribution is -0.134. The molecule has 0 radical (unpaired) electrons. The molecule has 0 N–H and O–H groups in total. The molecule has 5 heteroatoms. The zero-order valence-electron chi connectivity index (χ0n) is 20.3. The van der Waals surface area contributed by atoms with E-state index in [1.54, 1.807) is 26.4 Å². The van der Waals surface area contributed by atoms with E-state index < -0.39 is 0 Å². The molecular formula is C30H30FNO3. The van der Waals surface area contributed by atoms with Crippen molar-refractivity contribution in [1.82, 2.24) is 4.90 Å². The number of fused-ring (bicyclic) bond motifs is 1. The summed E-state index contributed by atoms with van der Waals surface area (Å²) < 4.78 is 25.9. The molecule has 1 saturated heterocycles. The minimum Gasteiger partial charge on any atom is -0.493 e. The highest BCUT2D eigenvalue weighted by Gasteiger charge is 2.50. The normalized spacial score (nSPS) is 23.3. The Morgan fingerprint density at radius 1 is 0.971 bits per heavy atom. The van der Waals surface area contributed by atoms with Crippen LogP contribution in [0.4, 0.5) is 4.39 Å². The van der Waals surface area contributed by atoms with Crippen molar-refractivity contribution in [2.24, 2.45) is 17.8 Å². The quantitative estimate of drug-likeness (QED) is 0.389. The first-order valence-electron chi connectivity index (χ1n) is 12.0. The standard InChI is InChI=1S/C30H30FNO3/c1-19-8-7-11-23-28(19)30(33)32(18-20-9-5-4-6-10-20)29(23)22-12-14-25(31)24(16-22)21-13-15-26(34-2)27(17-21)35-3/h4-7,9-17,19,23,28-29H,8,18H2,1-3H3/t19-,23+,28+,29+/m1/s1. The molecule has 1 amide bonds. The van der Waals surface area contributed by atoms with Gasteiger partial charge >= 0.3 is 0 Å². The Labute approximate surface area is 206 Å². The number of hydrogen-bond donors (Lipinski definition) is 0. The molecule has 4 nitrogen and oxygen atoms in total. The molecule has 0 aromatic heterocycles. The number of halogens is 1. The number of amides is 1. The summed E-state index contributed by atoms with van der Waals surface area (Å²) in [5.41, 5.74) is 3.20. The second kappa shape index (κ2) is 9.57. The lowest BCUT2D eigenvalue weighted by Crippen LogP contribution is -2.30. The molecule has 1 heterocycles. The second-order valence-electron chi connectivity index (χ2n) is 9.45. The number of allylic oxidation sites excluding steroid dienone is 1. The van der Waals surface area contributed by atoms with E-state index in [9.17, 15) is 4.79 Å². The Kier molecular flexibility index (Phi) is 6.33. The first-order chi connectivity index (χ1) is 17.0. The summed E-state index contributed by atoms with van der Waals surface area (Å²) in [4.78, 5) is 15.7. The molecule has 4 atom stereocenters. The number of nitrogens with zero attached hydrogens (tertiary/aromatic N) is 1. The van der Waals surface area contributed by atoms with Crippen molar-refractivity contribution in [2.45, 2.75) is 25.9 Å². The number of rotatable bonds is 6. The van der Waals surface area contributed by atoms with Gasteiger partial charge in [0.1, 0.15) is 5.82 Å². The fraction of sp³-hybridized carbons (Fsp3) is 0.300. The van der Waals surface area contributed by atoms with Gasteiger partial charge in [0, 0.05) is 23.9 Å². The average molecular weight is 472 g/mol. The highest BCUT2D eigenvalue weighted by atomic mass is 19.1. The molecule has 1 aliphatic heterocycles. The van der Waals surface area contributed by atoms with Crippen LogP contribution in [-0.4, -0.2) is 25.0 Å². The van der Waals surface area contributed by atoms with E-state index in [1.165, 1.54) is 6.07 Å². The molecule has 0 unspecified atom stereocenters. The van der Waals surface area contributed by atoms with Crippen molar-refractivity contribution in [1.29, 1.82) is 0 Å². The van der Waals surface area contributed by atoms with Crippen LogP contribution in [0.2, 0.25) is 0 Å². The molecule has 0 bridgehead atoms. The Balaban J connectivity index is 1.59. The number of benzene rings is 3. The Hall–Kier alpha value is -3.60. The van der Waals surface area contributed by atoms with E-state index in [4.69, 9.17) is 9.47 Å². The van der Waals surface area contributed by atoms with E-state index in [-0.39, 0.29) is 35.5 Å². The lowest BCUT2D eigenvalue weighted by atomic mass is 9.75. The molecule has 3 aromatic carbocycles. The third kappa shape index (κ3) is 4.20. The molecule has 180 valence electrons. The molecular weight excluding hydrogens is 441 g/mol. The third-order valence-corrected chi connectivity index (χ3v) is 7.38. The molecule has 2 aliphatic rings. The maximum atomic E-state index is 15.1. The van der Waals surface area contributed by atoms with Gasteiger partial charge in [0.2, 0.25) is 5.91 Å². The third-order valence-electron chi connectivity index (χ3n) is 7.38. The van der Waals surface area contributed by atoms with E-state index in [2.05, 4.69) is 19.1 Å². The monoisotopic (exact) mass is 471 g/mol. The van der Waals surface area contributed by atoms with Crippen molar-refractivity contribution in [3.8, 4) is 22.6 Å².